The van der Waals surface area contributed by atoms with Gasteiger partial charge >= 0.3 is 6.03 Å². The van der Waals surface area contributed by atoms with Gasteiger partial charge in [0.1, 0.15) is 6.23 Å². The lowest BCUT2D eigenvalue weighted by Crippen LogP contribution is -2.67. The molecule has 96 valence electrons. The van der Waals surface area contributed by atoms with Gasteiger partial charge in [-0.1, -0.05) is 6.92 Å². The topological polar surface area (TPSA) is 99.1 Å². The lowest BCUT2D eigenvalue weighted by atomic mass is 9.93. The highest BCUT2D eigenvalue weighted by molar-refractivity contribution is 5.97. The van der Waals surface area contributed by atoms with Crippen LogP contribution in [0.15, 0.2) is 0 Å². The van der Waals surface area contributed by atoms with Gasteiger partial charge in [-0.05, 0) is 0 Å². The molecule has 0 spiro atoms. The molecule has 7 heteroatoms. The van der Waals surface area contributed by atoms with Gasteiger partial charge in [0, 0.05) is 6.54 Å². The summed E-state index contributed by atoms with van der Waals surface area (Å²) in [6.07, 6.45) is -1.00. The summed E-state index contributed by atoms with van der Waals surface area (Å²) in [6.45, 7) is 1.63. The molecule has 2 rings (SSSR count). The van der Waals surface area contributed by atoms with E-state index in [1.54, 1.807) is 6.92 Å². The van der Waals surface area contributed by atoms with Crippen molar-refractivity contribution in [2.75, 3.05) is 19.8 Å². The Bertz CT molecular complexity index is 335. The fraction of sp³-hybridized carbons (Fsp3) is 0.800. The first-order chi connectivity index (χ1) is 8.08. The summed E-state index contributed by atoms with van der Waals surface area (Å²) in [5, 5.41) is 20.4. The van der Waals surface area contributed by atoms with E-state index in [-0.39, 0.29) is 37.5 Å². The highest BCUT2D eigenvalue weighted by Gasteiger charge is 2.48. The number of carbonyl (C=O) groups excluding carboxylic acids is 2. The van der Waals surface area contributed by atoms with Gasteiger partial charge in [-0.2, -0.15) is 0 Å². The molecule has 17 heavy (non-hydrogen) atoms. The number of ether oxygens (including phenoxy) is 1. The second kappa shape index (κ2) is 4.59. The van der Waals surface area contributed by atoms with Crippen LogP contribution in [0.4, 0.5) is 4.79 Å². The minimum atomic E-state index is -0.562. The Labute approximate surface area is 98.3 Å². The summed E-state index contributed by atoms with van der Waals surface area (Å²) in [7, 11) is 0. The first-order valence-corrected chi connectivity index (χ1v) is 5.57. The third-order valence-corrected chi connectivity index (χ3v) is 3.27. The quantitative estimate of drug-likeness (QED) is 0.561. The van der Waals surface area contributed by atoms with Crippen LogP contribution < -0.4 is 5.32 Å². The van der Waals surface area contributed by atoms with E-state index in [0.29, 0.717) is 0 Å². The number of imide groups is 1. The van der Waals surface area contributed by atoms with Crippen molar-refractivity contribution < 1.29 is 24.5 Å². The van der Waals surface area contributed by atoms with E-state index >= 15 is 0 Å². The number of aliphatic hydroxyl groups is 2. The van der Waals surface area contributed by atoms with Crippen LogP contribution in [0.3, 0.4) is 0 Å². The molecule has 0 aromatic rings. The minimum Gasteiger partial charge on any atom is -0.396 e. The predicted octanol–water partition coefficient (Wildman–Crippen LogP) is -1.50. The molecule has 0 aliphatic carbocycles. The Hall–Kier alpha value is -1.18. The molecule has 3 amide bonds. The summed E-state index contributed by atoms with van der Waals surface area (Å²) < 4.78 is 5.33. The van der Waals surface area contributed by atoms with E-state index in [1.807, 2.05) is 0 Å². The molecule has 2 aliphatic heterocycles. The van der Waals surface area contributed by atoms with E-state index in [4.69, 9.17) is 9.84 Å². The SMILES string of the molecule is CC1CN([C@@H]2O[C@H](CO)[C@H]2CO)C(=O)NC1=O. The molecule has 3 N–H and O–H groups in total. The molecule has 2 fully saturated rings. The van der Waals surface area contributed by atoms with Gasteiger partial charge in [-0.25, -0.2) is 4.79 Å². The monoisotopic (exact) mass is 244 g/mol. The average molecular weight is 244 g/mol. The Morgan fingerprint density at radius 2 is 2.12 bits per heavy atom. The summed E-state index contributed by atoms with van der Waals surface area (Å²) >= 11 is 0. The van der Waals surface area contributed by atoms with Crippen LogP contribution in [0.1, 0.15) is 6.92 Å². The smallest absolute Gasteiger partial charge is 0.326 e. The Balaban J connectivity index is 2.03. The van der Waals surface area contributed by atoms with Crippen LogP contribution in [0.5, 0.6) is 0 Å². The number of urea groups is 1. The minimum absolute atomic E-state index is 0.165. The Kier molecular flexibility index (Phi) is 3.32. The maximum absolute atomic E-state index is 11.6. The fourth-order valence-corrected chi connectivity index (χ4v) is 2.15. The second-order valence-electron chi connectivity index (χ2n) is 4.44. The molecule has 0 saturated carbocycles. The molecule has 0 aromatic heterocycles. The highest BCUT2D eigenvalue weighted by Crippen LogP contribution is 2.32. The Morgan fingerprint density at radius 3 is 2.71 bits per heavy atom. The predicted molar refractivity (Wildman–Crippen MR) is 55.7 cm³/mol. The molecule has 7 nitrogen and oxygen atoms in total. The zero-order chi connectivity index (χ0) is 12.6. The molecule has 0 aromatic carbocycles. The summed E-state index contributed by atoms with van der Waals surface area (Å²) in [5.74, 6) is -0.903. The normalized spacial score (nSPS) is 37.7. The van der Waals surface area contributed by atoms with Gasteiger partial charge in [0.2, 0.25) is 5.91 Å². The maximum atomic E-state index is 11.6. The van der Waals surface area contributed by atoms with E-state index in [1.165, 1.54) is 4.90 Å². The van der Waals surface area contributed by atoms with Crippen molar-refractivity contribution in [3.63, 3.8) is 0 Å². The molecule has 1 unspecified atom stereocenters. The average Bonchev–Trinajstić information content (AvgIpc) is 2.25. The van der Waals surface area contributed by atoms with Crippen molar-refractivity contribution in [3.8, 4) is 0 Å². The van der Waals surface area contributed by atoms with Crippen LogP contribution >= 0.6 is 0 Å². The van der Waals surface area contributed by atoms with Crippen molar-refractivity contribution in [1.82, 2.24) is 10.2 Å². The Morgan fingerprint density at radius 1 is 1.41 bits per heavy atom. The zero-order valence-electron chi connectivity index (χ0n) is 9.50. The zero-order valence-corrected chi connectivity index (χ0v) is 9.50. The largest absolute Gasteiger partial charge is 0.396 e. The van der Waals surface area contributed by atoms with Crippen molar-refractivity contribution in [2.24, 2.45) is 11.8 Å². The summed E-state index contributed by atoms with van der Waals surface area (Å²) in [5.41, 5.74) is 0. The number of hydrogen-bond donors (Lipinski definition) is 3. The van der Waals surface area contributed by atoms with Gasteiger partial charge in [0.25, 0.3) is 0 Å². The molecule has 0 bridgehead atoms. The molecular weight excluding hydrogens is 228 g/mol. The van der Waals surface area contributed by atoms with Gasteiger partial charge in [0.05, 0.1) is 31.2 Å². The van der Waals surface area contributed by atoms with Crippen molar-refractivity contribution >= 4 is 11.9 Å². The molecule has 0 radical (unpaired) electrons. The standard InChI is InChI=1S/C10H16N2O5/c1-5-2-12(10(16)11-8(5)15)9-6(3-13)7(4-14)17-9/h5-7,9,13-14H,2-4H2,1H3,(H,11,15,16)/t5?,6-,7-,9-/m1/s1. The van der Waals surface area contributed by atoms with Gasteiger partial charge in [-0.3, -0.25) is 15.0 Å². The van der Waals surface area contributed by atoms with Crippen LogP contribution in [-0.2, 0) is 9.53 Å². The highest BCUT2D eigenvalue weighted by atomic mass is 16.6. The van der Waals surface area contributed by atoms with Gasteiger partial charge in [0.15, 0.2) is 0 Å². The molecule has 2 heterocycles. The number of rotatable bonds is 3. The van der Waals surface area contributed by atoms with Crippen LogP contribution in [0.2, 0.25) is 0 Å². The van der Waals surface area contributed by atoms with Crippen LogP contribution in [0.25, 0.3) is 0 Å². The fourth-order valence-electron chi connectivity index (χ4n) is 2.15. The third-order valence-electron chi connectivity index (χ3n) is 3.27. The van der Waals surface area contributed by atoms with E-state index in [0.717, 1.165) is 0 Å². The third kappa shape index (κ3) is 2.01. The first kappa shape index (κ1) is 12.3. The van der Waals surface area contributed by atoms with E-state index < -0.39 is 18.4 Å². The summed E-state index contributed by atoms with van der Waals surface area (Å²) in [4.78, 5) is 24.3. The van der Waals surface area contributed by atoms with Crippen LogP contribution in [0, 0.1) is 11.8 Å². The number of amides is 3. The lowest BCUT2D eigenvalue weighted by Gasteiger charge is -2.49. The second-order valence-corrected chi connectivity index (χ2v) is 4.44. The number of aliphatic hydroxyl groups excluding tert-OH is 2. The van der Waals surface area contributed by atoms with E-state index in [9.17, 15) is 14.7 Å². The number of nitrogens with one attached hydrogen (secondary N) is 1. The van der Waals surface area contributed by atoms with Crippen molar-refractivity contribution in [1.29, 1.82) is 0 Å². The van der Waals surface area contributed by atoms with Gasteiger partial charge in [-0.15, -0.1) is 0 Å². The molecule has 2 aliphatic rings. The molecular formula is C10H16N2O5. The lowest BCUT2D eigenvalue weighted by molar-refractivity contribution is -0.256. The van der Waals surface area contributed by atoms with E-state index in [2.05, 4.69) is 5.32 Å². The van der Waals surface area contributed by atoms with Crippen LogP contribution in [-0.4, -0.2) is 59.1 Å². The van der Waals surface area contributed by atoms with Crippen molar-refractivity contribution in [3.05, 3.63) is 0 Å². The molecule has 4 atom stereocenters. The number of nitrogens with zero attached hydrogens (tertiary/aromatic N) is 1. The first-order valence-electron chi connectivity index (χ1n) is 5.57. The number of hydrogen-bond acceptors (Lipinski definition) is 5. The van der Waals surface area contributed by atoms with Crippen molar-refractivity contribution in [2.45, 2.75) is 19.3 Å². The number of carbonyl (C=O) groups is 2. The summed E-state index contributed by atoms with van der Waals surface area (Å²) in [6, 6.07) is -0.507. The maximum Gasteiger partial charge on any atom is 0.326 e. The van der Waals surface area contributed by atoms with Gasteiger partial charge < -0.3 is 14.9 Å². The molecule has 2 saturated heterocycles.